The maximum Gasteiger partial charge on any atom is 0.310 e. The number of rotatable bonds is 6. The van der Waals surface area contributed by atoms with Crippen LogP contribution < -0.4 is 10.5 Å². The number of nitrogens with two attached hydrogens (primary N) is 1. The molecule has 1 aliphatic rings. The van der Waals surface area contributed by atoms with Crippen LogP contribution in [-0.4, -0.2) is 24.2 Å². The van der Waals surface area contributed by atoms with Gasteiger partial charge in [0, 0.05) is 13.0 Å². The van der Waals surface area contributed by atoms with Crippen LogP contribution in [0.1, 0.15) is 30.9 Å². The first kappa shape index (κ1) is 13.9. The van der Waals surface area contributed by atoms with Gasteiger partial charge < -0.3 is 15.6 Å². The first-order valence-electron chi connectivity index (χ1n) is 6.79. The molecular formula is C15H21NO3. The van der Waals surface area contributed by atoms with Crippen LogP contribution in [0.5, 0.6) is 5.75 Å². The third-order valence-corrected chi connectivity index (χ3v) is 4.17. The number of carboxylic acid groups (broad SMARTS) is 1. The molecule has 0 aliphatic carbocycles. The predicted octanol–water partition coefficient (Wildman–Crippen LogP) is 1.99. The van der Waals surface area contributed by atoms with E-state index in [1.54, 1.807) is 0 Å². The number of aliphatic carboxylic acids is 1. The molecule has 4 nitrogen and oxygen atoms in total. The number of ether oxygens (including phenoxy) is 1. The Bertz CT molecular complexity index is 466. The highest BCUT2D eigenvalue weighted by Crippen LogP contribution is 2.30. The maximum absolute atomic E-state index is 11.4. The Hall–Kier alpha value is -1.55. The van der Waals surface area contributed by atoms with Gasteiger partial charge in [0.15, 0.2) is 0 Å². The Balaban J connectivity index is 2.07. The molecule has 0 spiro atoms. The lowest BCUT2D eigenvalue weighted by molar-refractivity contribution is -0.149. The van der Waals surface area contributed by atoms with Crippen molar-refractivity contribution in [2.75, 3.05) is 13.2 Å². The van der Waals surface area contributed by atoms with Crippen molar-refractivity contribution in [1.82, 2.24) is 0 Å². The van der Waals surface area contributed by atoms with Crippen LogP contribution in [0.3, 0.4) is 0 Å². The minimum atomic E-state index is -0.796. The highest BCUT2D eigenvalue weighted by atomic mass is 16.5. The molecule has 1 aromatic rings. The van der Waals surface area contributed by atoms with Crippen molar-refractivity contribution in [2.24, 2.45) is 11.1 Å². The normalized spacial score (nSPS) is 16.5. The molecule has 1 unspecified atom stereocenters. The summed E-state index contributed by atoms with van der Waals surface area (Å²) in [5, 5.41) is 9.36. The molecule has 0 amide bonds. The van der Waals surface area contributed by atoms with E-state index >= 15 is 0 Å². The lowest BCUT2D eigenvalue weighted by atomic mass is 9.79. The third-order valence-electron chi connectivity index (χ3n) is 4.17. The number of carboxylic acids is 1. The van der Waals surface area contributed by atoms with Gasteiger partial charge in [-0.15, -0.1) is 0 Å². The molecule has 0 saturated heterocycles. The first-order valence-corrected chi connectivity index (χ1v) is 6.79. The highest BCUT2D eigenvalue weighted by Gasteiger charge is 2.34. The van der Waals surface area contributed by atoms with Crippen molar-refractivity contribution in [3.63, 3.8) is 0 Å². The maximum atomic E-state index is 11.4. The summed E-state index contributed by atoms with van der Waals surface area (Å²) < 4.78 is 5.47. The molecule has 19 heavy (non-hydrogen) atoms. The van der Waals surface area contributed by atoms with Gasteiger partial charge >= 0.3 is 5.97 Å². The summed E-state index contributed by atoms with van der Waals surface area (Å²) in [5.41, 5.74) is 7.26. The lowest BCUT2D eigenvalue weighted by Crippen LogP contribution is -2.38. The number of hydrogen-bond acceptors (Lipinski definition) is 3. The molecule has 0 bridgehead atoms. The fourth-order valence-corrected chi connectivity index (χ4v) is 2.55. The molecule has 1 aliphatic heterocycles. The van der Waals surface area contributed by atoms with Gasteiger partial charge in [-0.25, -0.2) is 0 Å². The van der Waals surface area contributed by atoms with Crippen molar-refractivity contribution in [3.05, 3.63) is 29.3 Å². The Morgan fingerprint density at radius 2 is 2.32 bits per heavy atom. The largest absolute Gasteiger partial charge is 0.493 e. The van der Waals surface area contributed by atoms with E-state index < -0.39 is 11.4 Å². The van der Waals surface area contributed by atoms with Crippen molar-refractivity contribution < 1.29 is 14.6 Å². The highest BCUT2D eigenvalue weighted by molar-refractivity contribution is 5.74. The van der Waals surface area contributed by atoms with E-state index in [1.807, 2.05) is 19.1 Å². The second kappa shape index (κ2) is 5.61. The molecular weight excluding hydrogens is 242 g/mol. The number of fused-ring (bicyclic) bond motifs is 1. The van der Waals surface area contributed by atoms with Crippen LogP contribution >= 0.6 is 0 Å². The van der Waals surface area contributed by atoms with E-state index in [4.69, 9.17) is 10.5 Å². The Labute approximate surface area is 113 Å². The van der Waals surface area contributed by atoms with Gasteiger partial charge in [-0.1, -0.05) is 19.1 Å². The summed E-state index contributed by atoms with van der Waals surface area (Å²) in [6, 6.07) is 6.12. The quantitative estimate of drug-likeness (QED) is 0.823. The van der Waals surface area contributed by atoms with E-state index in [2.05, 4.69) is 6.07 Å². The fraction of sp³-hybridized carbons (Fsp3) is 0.533. The summed E-state index contributed by atoms with van der Waals surface area (Å²) in [7, 11) is 0. The molecule has 0 fully saturated rings. The molecule has 4 heteroatoms. The molecule has 3 N–H and O–H groups in total. The Kier molecular flexibility index (Phi) is 4.10. The minimum absolute atomic E-state index is 0.187. The molecule has 1 aromatic carbocycles. The Morgan fingerprint density at radius 1 is 1.53 bits per heavy atom. The summed E-state index contributed by atoms with van der Waals surface area (Å²) in [5.74, 6) is 0.171. The monoisotopic (exact) mass is 263 g/mol. The number of hydrogen-bond donors (Lipinski definition) is 2. The smallest absolute Gasteiger partial charge is 0.310 e. The second-order valence-corrected chi connectivity index (χ2v) is 5.18. The van der Waals surface area contributed by atoms with Crippen LogP contribution in [0.2, 0.25) is 0 Å². The van der Waals surface area contributed by atoms with E-state index in [9.17, 15) is 9.90 Å². The van der Waals surface area contributed by atoms with Crippen molar-refractivity contribution in [1.29, 1.82) is 0 Å². The predicted molar refractivity (Wildman–Crippen MR) is 73.4 cm³/mol. The van der Waals surface area contributed by atoms with Crippen LogP contribution in [0.4, 0.5) is 0 Å². The number of carbonyl (C=O) groups is 1. The molecule has 2 rings (SSSR count). The van der Waals surface area contributed by atoms with E-state index in [0.29, 0.717) is 12.8 Å². The number of aryl methyl sites for hydroxylation is 1. The van der Waals surface area contributed by atoms with Gasteiger partial charge in [-0.2, -0.15) is 0 Å². The van der Waals surface area contributed by atoms with Gasteiger partial charge in [0.25, 0.3) is 0 Å². The summed E-state index contributed by atoms with van der Waals surface area (Å²) in [4.78, 5) is 11.4. The average Bonchev–Trinajstić information content (AvgIpc) is 2.87. The van der Waals surface area contributed by atoms with Gasteiger partial charge in [-0.05, 0) is 36.5 Å². The minimum Gasteiger partial charge on any atom is -0.493 e. The zero-order valence-corrected chi connectivity index (χ0v) is 11.3. The zero-order chi connectivity index (χ0) is 13.9. The standard InChI is InChI=1S/C15H21NO3/c1-2-15(10-16,14(17)18)7-5-11-3-4-13-12(9-11)6-8-19-13/h3-4,9H,2,5-8,10,16H2,1H3,(H,17,18). The second-order valence-electron chi connectivity index (χ2n) is 5.18. The topological polar surface area (TPSA) is 72.5 Å². The van der Waals surface area contributed by atoms with Crippen LogP contribution in [0, 0.1) is 5.41 Å². The molecule has 1 heterocycles. The van der Waals surface area contributed by atoms with Crippen molar-refractivity contribution in [3.8, 4) is 5.75 Å². The molecule has 1 atom stereocenters. The Morgan fingerprint density at radius 3 is 2.95 bits per heavy atom. The van der Waals surface area contributed by atoms with Gasteiger partial charge in [0.2, 0.25) is 0 Å². The summed E-state index contributed by atoms with van der Waals surface area (Å²) in [6.45, 7) is 2.82. The SMILES string of the molecule is CCC(CN)(CCc1ccc2c(c1)CCO2)C(=O)O. The van der Waals surface area contributed by atoms with Crippen molar-refractivity contribution >= 4 is 5.97 Å². The number of benzene rings is 1. The first-order chi connectivity index (χ1) is 9.11. The van der Waals surface area contributed by atoms with Crippen LogP contribution in [0.15, 0.2) is 18.2 Å². The van der Waals surface area contributed by atoms with E-state index in [1.165, 1.54) is 5.56 Å². The van der Waals surface area contributed by atoms with Gasteiger partial charge in [0.05, 0.1) is 12.0 Å². The van der Waals surface area contributed by atoms with Crippen LogP contribution in [0.25, 0.3) is 0 Å². The van der Waals surface area contributed by atoms with Crippen LogP contribution in [-0.2, 0) is 17.6 Å². The molecule has 0 radical (unpaired) electrons. The molecule has 104 valence electrons. The third kappa shape index (κ3) is 2.73. The fourth-order valence-electron chi connectivity index (χ4n) is 2.55. The summed E-state index contributed by atoms with van der Waals surface area (Å²) in [6.07, 6.45) is 2.82. The zero-order valence-electron chi connectivity index (χ0n) is 11.3. The van der Waals surface area contributed by atoms with Crippen molar-refractivity contribution in [2.45, 2.75) is 32.6 Å². The average molecular weight is 263 g/mol. The summed E-state index contributed by atoms with van der Waals surface area (Å²) >= 11 is 0. The molecule has 0 saturated carbocycles. The van der Waals surface area contributed by atoms with E-state index in [-0.39, 0.29) is 6.54 Å². The van der Waals surface area contributed by atoms with Gasteiger partial charge in [0.1, 0.15) is 5.75 Å². The van der Waals surface area contributed by atoms with Gasteiger partial charge in [-0.3, -0.25) is 4.79 Å². The van der Waals surface area contributed by atoms with E-state index in [0.717, 1.165) is 30.8 Å². The molecule has 0 aromatic heterocycles. The lowest BCUT2D eigenvalue weighted by Gasteiger charge is -2.26.